The maximum Gasteiger partial charge on any atom is 0.354 e. The first-order valence-corrected chi connectivity index (χ1v) is 5.50. The van der Waals surface area contributed by atoms with Crippen LogP contribution in [-0.4, -0.2) is 37.3 Å². The molecule has 0 amide bonds. The molecule has 0 radical (unpaired) electrons. The highest BCUT2D eigenvalue weighted by atomic mass is 16.5. The Morgan fingerprint density at radius 1 is 1.41 bits per heavy atom. The first kappa shape index (κ1) is 13.7. The number of methoxy groups -OCH3 is 2. The first-order chi connectivity index (χ1) is 7.98. The number of carbonyl (C=O) groups is 1. The average molecular weight is 240 g/mol. The average Bonchev–Trinajstić information content (AvgIpc) is 2.76. The Morgan fingerprint density at radius 3 is 2.71 bits per heavy atom. The summed E-state index contributed by atoms with van der Waals surface area (Å²) >= 11 is 0. The van der Waals surface area contributed by atoms with E-state index in [2.05, 4.69) is 15.0 Å². The monoisotopic (exact) mass is 240 g/mol. The minimum absolute atomic E-state index is 0.197. The summed E-state index contributed by atoms with van der Waals surface area (Å²) in [7, 11) is 3.05. The van der Waals surface area contributed by atoms with Gasteiger partial charge in [0.05, 0.1) is 12.7 Å². The molecule has 0 aliphatic carbocycles. The van der Waals surface area contributed by atoms with Crippen molar-refractivity contribution in [3.63, 3.8) is 0 Å². The van der Waals surface area contributed by atoms with Crippen LogP contribution in [0.1, 0.15) is 30.0 Å². The minimum Gasteiger partial charge on any atom is -0.464 e. The molecule has 0 aliphatic heterocycles. The lowest BCUT2D eigenvalue weighted by atomic mass is 10.1. The lowest BCUT2D eigenvalue weighted by molar-refractivity contribution is 0.0230. The van der Waals surface area contributed by atoms with Crippen molar-refractivity contribution >= 4 is 5.97 Å². The Labute approximate surface area is 101 Å². The molecule has 0 saturated heterocycles. The van der Waals surface area contributed by atoms with E-state index in [1.807, 2.05) is 19.9 Å². The third-order valence-electron chi connectivity index (χ3n) is 2.57. The molecule has 2 N–H and O–H groups in total. The van der Waals surface area contributed by atoms with E-state index >= 15 is 0 Å². The van der Waals surface area contributed by atoms with Gasteiger partial charge in [-0.2, -0.15) is 0 Å². The van der Waals surface area contributed by atoms with Crippen LogP contribution in [0.25, 0.3) is 0 Å². The minimum atomic E-state index is -0.353. The van der Waals surface area contributed by atoms with Gasteiger partial charge in [0.25, 0.3) is 0 Å². The number of H-pyrrole nitrogens is 1. The van der Waals surface area contributed by atoms with Crippen LogP contribution in [0.15, 0.2) is 12.1 Å². The topological polar surface area (TPSA) is 63.4 Å². The summed E-state index contributed by atoms with van der Waals surface area (Å²) < 4.78 is 9.90. The molecule has 1 aromatic heterocycles. The van der Waals surface area contributed by atoms with E-state index in [1.165, 1.54) is 7.11 Å². The number of carbonyl (C=O) groups excluding carboxylic acids is 1. The molecule has 0 aliphatic rings. The number of hydrogen-bond donors (Lipinski definition) is 2. The SMILES string of the molecule is COC(=O)c1ccc(CNCC(C)(C)OC)[nH]1. The normalized spacial score (nSPS) is 11.5. The van der Waals surface area contributed by atoms with E-state index in [0.29, 0.717) is 12.2 Å². The van der Waals surface area contributed by atoms with Crippen molar-refractivity contribution in [3.8, 4) is 0 Å². The van der Waals surface area contributed by atoms with Gasteiger partial charge in [-0.15, -0.1) is 0 Å². The lowest BCUT2D eigenvalue weighted by Crippen LogP contribution is -2.36. The molecule has 0 atom stereocenters. The number of rotatable bonds is 6. The van der Waals surface area contributed by atoms with Gasteiger partial charge in [-0.1, -0.05) is 0 Å². The smallest absolute Gasteiger partial charge is 0.354 e. The molecule has 0 bridgehead atoms. The molecule has 0 aromatic carbocycles. The van der Waals surface area contributed by atoms with Crippen molar-refractivity contribution in [1.82, 2.24) is 10.3 Å². The fraction of sp³-hybridized carbons (Fsp3) is 0.583. The summed E-state index contributed by atoms with van der Waals surface area (Å²) in [5.41, 5.74) is 1.21. The fourth-order valence-corrected chi connectivity index (χ4v) is 1.34. The van der Waals surface area contributed by atoms with Crippen LogP contribution < -0.4 is 5.32 Å². The Kier molecular flexibility index (Phi) is 4.72. The van der Waals surface area contributed by atoms with Gasteiger partial charge >= 0.3 is 5.97 Å². The van der Waals surface area contributed by atoms with Crippen molar-refractivity contribution in [2.45, 2.75) is 26.0 Å². The number of nitrogens with one attached hydrogen (secondary N) is 2. The van der Waals surface area contributed by atoms with E-state index in [9.17, 15) is 4.79 Å². The lowest BCUT2D eigenvalue weighted by Gasteiger charge is -2.23. The van der Waals surface area contributed by atoms with E-state index < -0.39 is 0 Å². The second kappa shape index (κ2) is 5.84. The highest BCUT2D eigenvalue weighted by Gasteiger charge is 2.15. The van der Waals surface area contributed by atoms with Crippen molar-refractivity contribution in [2.75, 3.05) is 20.8 Å². The van der Waals surface area contributed by atoms with Crippen molar-refractivity contribution in [3.05, 3.63) is 23.5 Å². The zero-order valence-electron chi connectivity index (χ0n) is 10.8. The standard InChI is InChI=1S/C12H20N2O3/c1-12(2,17-4)8-13-7-9-5-6-10(14-9)11(15)16-3/h5-6,13-14H,7-8H2,1-4H3. The van der Waals surface area contributed by atoms with E-state index in [4.69, 9.17) is 4.74 Å². The van der Waals surface area contributed by atoms with Gasteiger partial charge < -0.3 is 19.8 Å². The largest absolute Gasteiger partial charge is 0.464 e. The van der Waals surface area contributed by atoms with Gasteiger partial charge in [0.15, 0.2) is 0 Å². The van der Waals surface area contributed by atoms with Crippen LogP contribution in [0.4, 0.5) is 0 Å². The van der Waals surface area contributed by atoms with Gasteiger partial charge in [-0.05, 0) is 26.0 Å². The summed E-state index contributed by atoms with van der Waals surface area (Å²) in [5, 5.41) is 3.25. The maximum absolute atomic E-state index is 11.2. The van der Waals surface area contributed by atoms with Crippen molar-refractivity contribution < 1.29 is 14.3 Å². The van der Waals surface area contributed by atoms with Gasteiger partial charge in [0, 0.05) is 25.9 Å². The molecule has 96 valence electrons. The van der Waals surface area contributed by atoms with Crippen LogP contribution in [0, 0.1) is 0 Å². The highest BCUT2D eigenvalue weighted by molar-refractivity contribution is 5.87. The molecule has 5 nitrogen and oxygen atoms in total. The van der Waals surface area contributed by atoms with Crippen LogP contribution >= 0.6 is 0 Å². The van der Waals surface area contributed by atoms with Crippen LogP contribution in [-0.2, 0) is 16.0 Å². The van der Waals surface area contributed by atoms with Crippen LogP contribution in [0.2, 0.25) is 0 Å². The summed E-state index contributed by atoms with van der Waals surface area (Å²) in [4.78, 5) is 14.2. The Hall–Kier alpha value is -1.33. The summed E-state index contributed by atoms with van der Waals surface area (Å²) in [6, 6.07) is 3.57. The first-order valence-electron chi connectivity index (χ1n) is 5.50. The van der Waals surface area contributed by atoms with Crippen LogP contribution in [0.5, 0.6) is 0 Å². The fourth-order valence-electron chi connectivity index (χ4n) is 1.34. The molecule has 1 rings (SSSR count). The molecule has 17 heavy (non-hydrogen) atoms. The zero-order chi connectivity index (χ0) is 12.9. The number of aromatic nitrogens is 1. The van der Waals surface area contributed by atoms with Gasteiger partial charge in [0.2, 0.25) is 0 Å². The number of esters is 1. The Balaban J connectivity index is 2.43. The maximum atomic E-state index is 11.2. The Morgan fingerprint density at radius 2 is 2.12 bits per heavy atom. The second-order valence-corrected chi connectivity index (χ2v) is 4.46. The zero-order valence-corrected chi connectivity index (χ0v) is 10.8. The molecule has 5 heteroatoms. The van der Waals surface area contributed by atoms with Gasteiger partial charge in [0.1, 0.15) is 5.69 Å². The second-order valence-electron chi connectivity index (χ2n) is 4.46. The predicted molar refractivity (Wildman–Crippen MR) is 64.9 cm³/mol. The van der Waals surface area contributed by atoms with Crippen molar-refractivity contribution in [1.29, 1.82) is 0 Å². The molecular formula is C12H20N2O3. The van der Waals surface area contributed by atoms with Crippen LogP contribution in [0.3, 0.4) is 0 Å². The molecule has 0 fully saturated rings. The van der Waals surface area contributed by atoms with E-state index in [0.717, 1.165) is 12.2 Å². The third kappa shape index (κ3) is 4.20. The van der Waals surface area contributed by atoms with Gasteiger partial charge in [-0.3, -0.25) is 0 Å². The summed E-state index contributed by atoms with van der Waals surface area (Å²) in [5.74, 6) is -0.353. The van der Waals surface area contributed by atoms with E-state index in [1.54, 1.807) is 13.2 Å². The summed E-state index contributed by atoms with van der Waals surface area (Å²) in [6.45, 7) is 5.41. The number of hydrogen-bond acceptors (Lipinski definition) is 4. The number of ether oxygens (including phenoxy) is 2. The highest BCUT2D eigenvalue weighted by Crippen LogP contribution is 2.06. The predicted octanol–water partition coefficient (Wildman–Crippen LogP) is 1.32. The van der Waals surface area contributed by atoms with Crippen molar-refractivity contribution in [2.24, 2.45) is 0 Å². The Bertz CT molecular complexity index is 372. The summed E-state index contributed by atoms with van der Waals surface area (Å²) in [6.07, 6.45) is 0. The third-order valence-corrected chi connectivity index (χ3v) is 2.57. The molecule has 1 heterocycles. The number of aromatic amines is 1. The quantitative estimate of drug-likeness (QED) is 0.736. The molecule has 0 saturated carbocycles. The van der Waals surface area contributed by atoms with E-state index in [-0.39, 0.29) is 11.6 Å². The molecule has 0 spiro atoms. The molecular weight excluding hydrogens is 220 g/mol. The molecule has 0 unspecified atom stereocenters. The molecule has 1 aromatic rings. The van der Waals surface area contributed by atoms with Gasteiger partial charge in [-0.25, -0.2) is 4.79 Å².